The molecular weight excluding hydrogens is 484 g/mol. The van der Waals surface area contributed by atoms with Crippen molar-refractivity contribution in [2.75, 3.05) is 13.2 Å². The fourth-order valence-electron chi connectivity index (χ4n) is 4.09. The first-order valence-corrected chi connectivity index (χ1v) is 12.3. The normalized spacial score (nSPS) is 16.6. The zero-order valence-corrected chi connectivity index (χ0v) is 21.7. The van der Waals surface area contributed by atoms with Crippen LogP contribution in [0.2, 0.25) is 5.02 Å². The first kappa shape index (κ1) is 25.8. The SMILES string of the molecule is Cc1ccc(-c2nnn(CC(=O)N(C[C@@H]3CCCO3)[C@@H](C(=O)NC(C)(C)C)c3ccc(Cl)cc3)n2)o1. The van der Waals surface area contributed by atoms with Gasteiger partial charge in [0.05, 0.1) is 6.10 Å². The number of hydrogen-bond acceptors (Lipinski definition) is 7. The van der Waals surface area contributed by atoms with Gasteiger partial charge in [-0.1, -0.05) is 23.7 Å². The van der Waals surface area contributed by atoms with Crippen LogP contribution in [0.4, 0.5) is 0 Å². The van der Waals surface area contributed by atoms with E-state index in [0.29, 0.717) is 23.0 Å². The highest BCUT2D eigenvalue weighted by atomic mass is 35.5. The molecule has 3 heterocycles. The summed E-state index contributed by atoms with van der Waals surface area (Å²) in [5, 5.41) is 15.9. The molecule has 0 bridgehead atoms. The van der Waals surface area contributed by atoms with E-state index in [1.807, 2.05) is 27.7 Å². The number of rotatable bonds is 8. The molecule has 2 amide bonds. The molecule has 0 aliphatic carbocycles. The summed E-state index contributed by atoms with van der Waals surface area (Å²) in [6, 6.07) is 9.59. The quantitative estimate of drug-likeness (QED) is 0.488. The summed E-state index contributed by atoms with van der Waals surface area (Å²) in [5.74, 6) is 0.826. The summed E-state index contributed by atoms with van der Waals surface area (Å²) in [7, 11) is 0. The van der Waals surface area contributed by atoms with Crippen LogP contribution in [0.25, 0.3) is 11.6 Å². The summed E-state index contributed by atoms with van der Waals surface area (Å²) >= 11 is 6.11. The van der Waals surface area contributed by atoms with E-state index >= 15 is 0 Å². The van der Waals surface area contributed by atoms with Crippen LogP contribution in [-0.4, -0.2) is 61.7 Å². The average Bonchev–Trinajstić information content (AvgIpc) is 3.56. The summed E-state index contributed by atoms with van der Waals surface area (Å²) < 4.78 is 11.4. The maximum atomic E-state index is 13.7. The number of amides is 2. The second-order valence-electron chi connectivity index (χ2n) is 9.93. The molecule has 36 heavy (non-hydrogen) atoms. The fraction of sp³-hybridized carbons (Fsp3) is 0.480. The number of carbonyl (C=O) groups is 2. The van der Waals surface area contributed by atoms with Crippen LogP contribution in [0.3, 0.4) is 0 Å². The number of benzene rings is 1. The topological polar surface area (TPSA) is 115 Å². The van der Waals surface area contributed by atoms with Gasteiger partial charge in [0.2, 0.25) is 17.6 Å². The molecule has 0 unspecified atom stereocenters. The van der Waals surface area contributed by atoms with Crippen LogP contribution in [0.5, 0.6) is 0 Å². The van der Waals surface area contributed by atoms with Gasteiger partial charge in [0.15, 0.2) is 5.76 Å². The molecular formula is C25H31ClN6O4. The van der Waals surface area contributed by atoms with Crippen molar-refractivity contribution in [2.45, 2.75) is 64.8 Å². The molecule has 1 aromatic carbocycles. The summed E-state index contributed by atoms with van der Waals surface area (Å²) in [5.41, 5.74) is 0.148. The van der Waals surface area contributed by atoms with E-state index in [9.17, 15) is 9.59 Å². The standard InChI is InChI=1S/C25H31ClN6O4/c1-16-7-12-20(36-16)23-28-30-32(29-23)15-21(33)31(14-19-6-5-13-35-19)22(24(34)27-25(2,3)4)17-8-10-18(26)11-9-17/h7-12,19,22H,5-6,13-15H2,1-4H3,(H,27,34)/t19-,22+/m0/s1. The van der Waals surface area contributed by atoms with Crippen molar-refractivity contribution in [3.63, 3.8) is 0 Å². The summed E-state index contributed by atoms with van der Waals surface area (Å²) in [6.45, 7) is 8.19. The van der Waals surface area contributed by atoms with E-state index in [1.54, 1.807) is 41.3 Å². The zero-order chi connectivity index (χ0) is 25.9. The third kappa shape index (κ3) is 6.50. The Hall–Kier alpha value is -3.24. The van der Waals surface area contributed by atoms with E-state index < -0.39 is 11.6 Å². The second kappa shape index (κ2) is 10.8. The monoisotopic (exact) mass is 514 g/mol. The van der Waals surface area contributed by atoms with Crippen LogP contribution in [0.15, 0.2) is 40.8 Å². The number of furan rings is 1. The lowest BCUT2D eigenvalue weighted by atomic mass is 10.0. The van der Waals surface area contributed by atoms with Gasteiger partial charge in [0, 0.05) is 23.7 Å². The summed E-state index contributed by atoms with van der Waals surface area (Å²) in [6.07, 6.45) is 1.54. The van der Waals surface area contributed by atoms with Gasteiger partial charge < -0.3 is 19.4 Å². The minimum atomic E-state index is -0.895. The van der Waals surface area contributed by atoms with Crippen LogP contribution in [0, 0.1) is 6.92 Å². The Labute approximate surface area is 214 Å². The predicted octanol–water partition coefficient (Wildman–Crippen LogP) is 3.56. The maximum absolute atomic E-state index is 13.7. The number of halogens is 1. The third-order valence-electron chi connectivity index (χ3n) is 5.68. The van der Waals surface area contributed by atoms with Crippen molar-refractivity contribution in [1.82, 2.24) is 30.4 Å². The molecule has 0 radical (unpaired) electrons. The van der Waals surface area contributed by atoms with Crippen LogP contribution < -0.4 is 5.32 Å². The maximum Gasteiger partial charge on any atom is 0.247 e. The van der Waals surface area contributed by atoms with Gasteiger partial charge in [0.1, 0.15) is 18.3 Å². The van der Waals surface area contributed by atoms with Crippen LogP contribution >= 0.6 is 11.6 Å². The van der Waals surface area contributed by atoms with E-state index in [4.69, 9.17) is 20.8 Å². The van der Waals surface area contributed by atoms with Crippen molar-refractivity contribution in [2.24, 2.45) is 0 Å². The molecule has 2 aromatic heterocycles. The van der Waals surface area contributed by atoms with Crippen molar-refractivity contribution in [3.8, 4) is 11.6 Å². The Morgan fingerprint density at radius 2 is 1.97 bits per heavy atom. The minimum absolute atomic E-state index is 0.170. The Morgan fingerprint density at radius 1 is 1.22 bits per heavy atom. The lowest BCUT2D eigenvalue weighted by Gasteiger charge is -2.35. The zero-order valence-electron chi connectivity index (χ0n) is 20.9. The van der Waals surface area contributed by atoms with Crippen LogP contribution in [-0.2, 0) is 20.9 Å². The molecule has 1 aliphatic rings. The van der Waals surface area contributed by atoms with Crippen LogP contribution in [0.1, 0.15) is 51.0 Å². The lowest BCUT2D eigenvalue weighted by molar-refractivity contribution is -0.144. The van der Waals surface area contributed by atoms with Gasteiger partial charge in [-0.2, -0.15) is 4.80 Å². The fourth-order valence-corrected chi connectivity index (χ4v) is 4.22. The number of aryl methyl sites for hydroxylation is 1. The molecule has 4 rings (SSSR count). The molecule has 0 spiro atoms. The van der Waals surface area contributed by atoms with Gasteiger partial charge in [-0.05, 0) is 75.6 Å². The number of nitrogens with zero attached hydrogens (tertiary/aromatic N) is 5. The Balaban J connectivity index is 1.64. The highest BCUT2D eigenvalue weighted by molar-refractivity contribution is 6.30. The number of ether oxygens (including phenoxy) is 1. The van der Waals surface area contributed by atoms with Gasteiger partial charge in [-0.25, -0.2) is 0 Å². The molecule has 10 nitrogen and oxygen atoms in total. The van der Waals surface area contributed by atoms with E-state index in [2.05, 4.69) is 20.7 Å². The smallest absolute Gasteiger partial charge is 0.247 e. The number of nitrogens with one attached hydrogen (secondary N) is 1. The minimum Gasteiger partial charge on any atom is -0.458 e. The lowest BCUT2D eigenvalue weighted by Crippen LogP contribution is -2.51. The number of tetrazole rings is 1. The van der Waals surface area contributed by atoms with Gasteiger partial charge in [-0.3, -0.25) is 9.59 Å². The molecule has 2 atom stereocenters. The largest absolute Gasteiger partial charge is 0.458 e. The molecule has 0 saturated carbocycles. The Morgan fingerprint density at radius 3 is 2.58 bits per heavy atom. The van der Waals surface area contributed by atoms with Gasteiger partial charge in [-0.15, -0.1) is 10.2 Å². The predicted molar refractivity (Wildman–Crippen MR) is 133 cm³/mol. The molecule has 1 saturated heterocycles. The highest BCUT2D eigenvalue weighted by Gasteiger charge is 2.36. The number of hydrogen-bond donors (Lipinski definition) is 1. The van der Waals surface area contributed by atoms with Gasteiger partial charge in [0.25, 0.3) is 0 Å². The van der Waals surface area contributed by atoms with E-state index in [1.165, 1.54) is 4.80 Å². The van der Waals surface area contributed by atoms with E-state index in [-0.39, 0.29) is 36.8 Å². The van der Waals surface area contributed by atoms with Crippen molar-refractivity contribution in [1.29, 1.82) is 0 Å². The Kier molecular flexibility index (Phi) is 7.75. The van der Waals surface area contributed by atoms with Gasteiger partial charge >= 0.3 is 0 Å². The molecule has 1 N–H and O–H groups in total. The highest BCUT2D eigenvalue weighted by Crippen LogP contribution is 2.27. The average molecular weight is 515 g/mol. The third-order valence-corrected chi connectivity index (χ3v) is 5.93. The van der Waals surface area contributed by atoms with Crippen molar-refractivity contribution in [3.05, 3.63) is 52.7 Å². The molecule has 1 aliphatic heterocycles. The summed E-state index contributed by atoms with van der Waals surface area (Å²) in [4.78, 5) is 30.0. The first-order valence-electron chi connectivity index (χ1n) is 11.9. The second-order valence-corrected chi connectivity index (χ2v) is 10.4. The molecule has 1 fully saturated rings. The molecule has 3 aromatic rings. The number of aromatic nitrogens is 4. The van der Waals surface area contributed by atoms with Crippen molar-refractivity contribution >= 4 is 23.4 Å². The first-order chi connectivity index (χ1) is 17.1. The van der Waals surface area contributed by atoms with E-state index in [0.717, 1.165) is 18.6 Å². The molecule has 11 heteroatoms. The Bertz CT molecular complexity index is 1190. The van der Waals surface area contributed by atoms with Crippen molar-refractivity contribution < 1.29 is 18.7 Å². The molecule has 192 valence electrons. The number of carbonyl (C=O) groups excluding carboxylic acids is 2.